The monoisotopic (exact) mass is 1070 g/mol. The number of ether oxygens (including phenoxy) is 5. The fourth-order valence-corrected chi connectivity index (χ4v) is 21.0. The summed E-state index contributed by atoms with van der Waals surface area (Å²) in [5, 5.41) is 6.66. The van der Waals surface area contributed by atoms with Gasteiger partial charge in [-0.05, 0) is 262 Å². The third-order valence-corrected chi connectivity index (χ3v) is 25.1. The molecule has 10 unspecified atom stereocenters. The molecule has 0 spiro atoms. The molecule has 8 fully saturated rings. The minimum atomic E-state index is -0.00571. The number of nitrogens with one attached hydrogen (secondary N) is 2. The van der Waals surface area contributed by atoms with E-state index in [9.17, 15) is 9.59 Å². The van der Waals surface area contributed by atoms with E-state index in [1.807, 2.05) is 0 Å². The molecule has 436 valence electrons. The van der Waals surface area contributed by atoms with Crippen LogP contribution in [0.25, 0.3) is 0 Å². The lowest BCUT2D eigenvalue weighted by atomic mass is 9.46. The Hall–Kier alpha value is -1.78. The maximum Gasteiger partial charge on any atom is 0.217 e. The SMILES string of the molecule is CC(=O)N[C@H](C)[C@H]1CCC2C3CC=C4C[C@@H](C(CCCCCOC5CCCCO5)OC(CCCCCOC5CCCCO5)[C@H]5CC[C@@]6(C)C(=CCC7C6CC[C@@]6(C)C7CC[C@@H]6[C@@H](C)NC(C)=O)C5)CC[C@]4(C)C3CC[C@@]21C. The Morgan fingerprint density at radius 1 is 0.545 bits per heavy atom. The first kappa shape index (κ1) is 58.4. The zero-order valence-corrected chi connectivity index (χ0v) is 50.3. The van der Waals surface area contributed by atoms with E-state index in [1.165, 1.54) is 141 Å². The average molecular weight is 1070 g/mol. The number of fused-ring (bicyclic) bond motifs is 10. The highest BCUT2D eigenvalue weighted by molar-refractivity contribution is 5.73. The van der Waals surface area contributed by atoms with Crippen LogP contribution < -0.4 is 10.6 Å². The molecule has 77 heavy (non-hydrogen) atoms. The van der Waals surface area contributed by atoms with Gasteiger partial charge in [-0.15, -0.1) is 0 Å². The highest BCUT2D eigenvalue weighted by Gasteiger charge is 2.61. The average Bonchev–Trinajstić information content (AvgIpc) is 4.18. The summed E-state index contributed by atoms with van der Waals surface area (Å²) in [6.45, 7) is 21.8. The summed E-state index contributed by atoms with van der Waals surface area (Å²) in [7, 11) is 0. The van der Waals surface area contributed by atoms with Crippen molar-refractivity contribution in [2.45, 2.75) is 285 Å². The molecule has 2 N–H and O–H groups in total. The Kier molecular flexibility index (Phi) is 19.3. The number of carbonyl (C=O) groups excluding carboxylic acids is 2. The fourth-order valence-electron chi connectivity index (χ4n) is 21.0. The van der Waals surface area contributed by atoms with Gasteiger partial charge in [-0.1, -0.05) is 76.7 Å². The van der Waals surface area contributed by atoms with Gasteiger partial charge in [0.25, 0.3) is 0 Å². The second-order valence-corrected chi connectivity index (χ2v) is 29.2. The van der Waals surface area contributed by atoms with Crippen molar-refractivity contribution in [2.75, 3.05) is 26.4 Å². The van der Waals surface area contributed by atoms with E-state index in [0.717, 1.165) is 113 Å². The Morgan fingerprint density at radius 2 is 0.987 bits per heavy atom. The van der Waals surface area contributed by atoms with Crippen LogP contribution in [-0.2, 0) is 33.3 Å². The molecule has 0 aromatic heterocycles. The molecule has 2 heterocycles. The van der Waals surface area contributed by atoms with E-state index < -0.39 is 0 Å². The molecule has 9 heteroatoms. The molecule has 20 atom stereocenters. The number of amides is 2. The van der Waals surface area contributed by atoms with Crippen molar-refractivity contribution >= 4 is 11.8 Å². The largest absolute Gasteiger partial charge is 0.374 e. The van der Waals surface area contributed by atoms with Crippen molar-refractivity contribution in [3.05, 3.63) is 23.3 Å². The van der Waals surface area contributed by atoms with Gasteiger partial charge in [-0.2, -0.15) is 0 Å². The van der Waals surface area contributed by atoms with E-state index >= 15 is 0 Å². The maximum atomic E-state index is 12.2. The smallest absolute Gasteiger partial charge is 0.217 e. The van der Waals surface area contributed by atoms with Crippen LogP contribution in [0.1, 0.15) is 248 Å². The first-order valence-corrected chi connectivity index (χ1v) is 33.2. The number of allylic oxidation sites excluding steroid dienone is 4. The molecule has 0 bridgehead atoms. The molecule has 6 saturated carbocycles. The van der Waals surface area contributed by atoms with Crippen LogP contribution >= 0.6 is 0 Å². The Labute approximate surface area is 469 Å². The van der Waals surface area contributed by atoms with Gasteiger partial charge in [-0.25, -0.2) is 0 Å². The number of hydrogen-bond acceptors (Lipinski definition) is 7. The summed E-state index contributed by atoms with van der Waals surface area (Å²) >= 11 is 0. The third-order valence-electron chi connectivity index (χ3n) is 25.1. The summed E-state index contributed by atoms with van der Waals surface area (Å²) in [6.07, 6.45) is 42.7. The predicted molar refractivity (Wildman–Crippen MR) is 309 cm³/mol. The summed E-state index contributed by atoms with van der Waals surface area (Å²) < 4.78 is 32.4. The minimum Gasteiger partial charge on any atom is -0.374 e. The molecule has 0 radical (unpaired) electrons. The number of unbranched alkanes of at least 4 members (excludes halogenated alkanes) is 4. The van der Waals surface area contributed by atoms with Crippen molar-refractivity contribution in [1.29, 1.82) is 0 Å². The van der Waals surface area contributed by atoms with Crippen LogP contribution in [-0.4, -0.2) is 75.1 Å². The van der Waals surface area contributed by atoms with Gasteiger partial charge >= 0.3 is 0 Å². The zero-order valence-electron chi connectivity index (χ0n) is 50.3. The number of hydrogen-bond donors (Lipinski definition) is 2. The van der Waals surface area contributed by atoms with Gasteiger partial charge in [-0.3, -0.25) is 9.59 Å². The lowest BCUT2D eigenvalue weighted by Gasteiger charge is -2.59. The lowest BCUT2D eigenvalue weighted by molar-refractivity contribution is -0.163. The number of rotatable bonds is 22. The van der Waals surface area contributed by atoms with Gasteiger partial charge in [0.05, 0.1) is 12.2 Å². The second-order valence-electron chi connectivity index (χ2n) is 29.2. The zero-order chi connectivity index (χ0) is 54.0. The Balaban J connectivity index is 0.850. The van der Waals surface area contributed by atoms with E-state index in [-0.39, 0.29) is 59.5 Å². The van der Waals surface area contributed by atoms with Crippen LogP contribution in [0.5, 0.6) is 0 Å². The van der Waals surface area contributed by atoms with Gasteiger partial charge in [0.15, 0.2) is 12.6 Å². The van der Waals surface area contributed by atoms with Crippen molar-refractivity contribution < 1.29 is 33.3 Å². The standard InChI is InChI=1S/C68H112N2O7/c1-45(69-47(3)71)55-27-29-57-53-25-23-51-43-49(31-35-65(51,5)59(53)33-37-67(55,57)7)61(19-11-9-15-39-73-63-21-13-17-41-75-63)77-62(20-12-10-16-40-74-64-22-14-18-42-76-64)50-32-36-66(6)52(44-50)24-26-54-58-30-28-56(46(2)70-48(4)72)68(58,8)38-34-60(54)66/h23-24,45-46,49-50,53-64H,9-22,25-44H2,1-8H3,(H,69,71)(H,70,72)/t45-,46-,49+,50+,53?,54?,55-,56-,57?,58?,59?,60?,61?,62?,63?,64?,65+,66+,67-,68-/m1/s1. The molecular weight excluding hydrogens is 957 g/mol. The first-order valence-electron chi connectivity index (χ1n) is 33.2. The highest BCUT2D eigenvalue weighted by atomic mass is 16.7. The molecule has 0 aromatic rings. The van der Waals surface area contributed by atoms with E-state index in [1.54, 1.807) is 25.0 Å². The summed E-state index contributed by atoms with van der Waals surface area (Å²) in [6, 6.07) is 0.501. The topological polar surface area (TPSA) is 104 Å². The highest BCUT2D eigenvalue weighted by Crippen LogP contribution is 2.69. The maximum absolute atomic E-state index is 12.2. The van der Waals surface area contributed by atoms with E-state index in [2.05, 4.69) is 64.3 Å². The lowest BCUT2D eigenvalue weighted by Crippen LogP contribution is -2.53. The summed E-state index contributed by atoms with van der Waals surface area (Å²) in [4.78, 5) is 24.5. The summed E-state index contributed by atoms with van der Waals surface area (Å²) in [5.41, 5.74) is 4.77. The molecule has 2 amide bonds. The van der Waals surface area contributed by atoms with E-state index in [4.69, 9.17) is 23.7 Å². The van der Waals surface area contributed by atoms with Gasteiger partial charge in [0, 0.05) is 52.4 Å². The first-order chi connectivity index (χ1) is 37.1. The molecule has 8 aliphatic carbocycles. The van der Waals surface area contributed by atoms with Crippen LogP contribution in [0.15, 0.2) is 23.3 Å². The summed E-state index contributed by atoms with van der Waals surface area (Å²) in [5.74, 6) is 7.11. The second kappa shape index (κ2) is 25.4. The van der Waals surface area contributed by atoms with Crippen molar-refractivity contribution in [1.82, 2.24) is 10.6 Å². The quantitative estimate of drug-likeness (QED) is 0.0822. The minimum absolute atomic E-state index is 0.00571. The van der Waals surface area contributed by atoms with Crippen LogP contribution in [0.2, 0.25) is 0 Å². The molecular formula is C68H112N2O7. The normalized spacial score (nSPS) is 42.1. The number of carbonyl (C=O) groups is 2. The molecule has 2 saturated heterocycles. The van der Waals surface area contributed by atoms with Gasteiger partial charge < -0.3 is 34.3 Å². The van der Waals surface area contributed by atoms with Crippen LogP contribution in [0.4, 0.5) is 0 Å². The molecule has 0 aromatic carbocycles. The van der Waals surface area contributed by atoms with Crippen molar-refractivity contribution in [3.63, 3.8) is 0 Å². The van der Waals surface area contributed by atoms with Crippen LogP contribution in [0.3, 0.4) is 0 Å². The Morgan fingerprint density at radius 3 is 1.39 bits per heavy atom. The van der Waals surface area contributed by atoms with Crippen LogP contribution in [0, 0.1) is 80.8 Å². The van der Waals surface area contributed by atoms with E-state index in [0.29, 0.717) is 34.5 Å². The molecule has 2 aliphatic heterocycles. The molecule has 9 nitrogen and oxygen atoms in total. The fraction of sp³-hybridized carbons (Fsp3) is 0.912. The third kappa shape index (κ3) is 12.5. The predicted octanol–water partition coefficient (Wildman–Crippen LogP) is 15.4. The Bertz CT molecular complexity index is 1890. The molecule has 10 aliphatic rings. The molecule has 10 rings (SSSR count). The van der Waals surface area contributed by atoms with Gasteiger partial charge in [0.2, 0.25) is 11.8 Å². The van der Waals surface area contributed by atoms with Crippen molar-refractivity contribution in [3.8, 4) is 0 Å². The van der Waals surface area contributed by atoms with Crippen molar-refractivity contribution in [2.24, 2.45) is 80.8 Å². The van der Waals surface area contributed by atoms with Gasteiger partial charge in [0.1, 0.15) is 0 Å².